The molecule has 2 N–H and O–H groups in total. The van der Waals surface area contributed by atoms with E-state index in [4.69, 9.17) is 16.3 Å². The maximum atomic E-state index is 15.4. The van der Waals surface area contributed by atoms with Gasteiger partial charge >= 0.3 is 0 Å². The first-order chi connectivity index (χ1) is 27.4. The van der Waals surface area contributed by atoms with Crippen molar-refractivity contribution in [1.29, 1.82) is 0 Å². The predicted molar refractivity (Wildman–Crippen MR) is 197 cm³/mol. The van der Waals surface area contributed by atoms with Crippen molar-refractivity contribution >= 4 is 55.3 Å². The first-order valence-electron chi connectivity index (χ1n) is 17.6. The third-order valence-electron chi connectivity index (χ3n) is 9.93. The molecule has 0 spiro atoms. The van der Waals surface area contributed by atoms with E-state index in [9.17, 15) is 35.6 Å². The van der Waals surface area contributed by atoms with Gasteiger partial charge in [-0.15, -0.1) is 0 Å². The zero-order valence-corrected chi connectivity index (χ0v) is 32.0. The molecule has 0 radical (unpaired) electrons. The first kappa shape index (κ1) is 39.1. The average molecular weight is 850 g/mol. The highest BCUT2D eigenvalue weighted by molar-refractivity contribution is 7.92. The first-order valence-corrected chi connectivity index (χ1v) is 19.8. The number of aromatic nitrogens is 7. The van der Waals surface area contributed by atoms with Crippen LogP contribution in [-0.2, 0) is 40.8 Å². The highest BCUT2D eigenvalue weighted by Crippen LogP contribution is 2.68. The molecule has 0 bridgehead atoms. The van der Waals surface area contributed by atoms with Gasteiger partial charge in [-0.25, -0.2) is 31.0 Å². The standard InChI is InChI=1S/C36H30ClF6N9O5S/c1-4-57-25-8-5-18-32(45-25)46-34(52(35(18)54)23-7-6-21(37)27-29(23)50(2)48-33(27)49-58(3,55)56)22(11-15-9-16(38)12-17(39)10-15)44-24(53)14-51-30-26(28(47-51)31(40)41)19-13-20(19)36(30,42)43/h5-10,12,19-20,22,31H,4,11,13-14H2,1-3H3,(H,44,53)(H,48,49). The Bertz CT molecular complexity index is 2850. The van der Waals surface area contributed by atoms with Gasteiger partial charge in [0.1, 0.15) is 35.4 Å². The van der Waals surface area contributed by atoms with Crippen LogP contribution < -0.4 is 20.3 Å². The lowest BCUT2D eigenvalue weighted by molar-refractivity contribution is -0.123. The minimum absolute atomic E-state index is 0.00533. The van der Waals surface area contributed by atoms with Gasteiger partial charge in [0.05, 0.1) is 45.9 Å². The number of sulfonamides is 1. The van der Waals surface area contributed by atoms with Crippen molar-refractivity contribution in [2.24, 2.45) is 13.0 Å². The van der Waals surface area contributed by atoms with Crippen LogP contribution in [0.25, 0.3) is 27.6 Å². The topological polar surface area (TPSA) is 168 Å². The van der Waals surface area contributed by atoms with Crippen LogP contribution in [0.2, 0.25) is 5.02 Å². The summed E-state index contributed by atoms with van der Waals surface area (Å²) in [5.41, 5.74) is -2.89. The van der Waals surface area contributed by atoms with E-state index in [1.54, 1.807) is 6.92 Å². The largest absolute Gasteiger partial charge is 0.478 e. The average Bonchev–Trinajstić information content (AvgIpc) is 3.66. The number of anilines is 1. The molecule has 0 aliphatic heterocycles. The fourth-order valence-corrected chi connectivity index (χ4v) is 8.41. The lowest BCUT2D eigenvalue weighted by Crippen LogP contribution is -2.38. The zero-order valence-electron chi connectivity index (χ0n) is 30.4. The summed E-state index contributed by atoms with van der Waals surface area (Å²) in [4.78, 5) is 37.7. The number of halogens is 7. The molecular weight excluding hydrogens is 820 g/mol. The number of aryl methyl sites for hydroxylation is 1. The normalized spacial score (nSPS) is 17.4. The van der Waals surface area contributed by atoms with E-state index < -0.39 is 87.7 Å². The van der Waals surface area contributed by atoms with Crippen LogP contribution in [0.5, 0.6) is 5.88 Å². The third-order valence-corrected chi connectivity index (χ3v) is 10.8. The van der Waals surface area contributed by atoms with Crippen molar-refractivity contribution in [3.63, 3.8) is 0 Å². The summed E-state index contributed by atoms with van der Waals surface area (Å²) >= 11 is 6.57. The van der Waals surface area contributed by atoms with Gasteiger partial charge in [-0.2, -0.15) is 24.0 Å². The van der Waals surface area contributed by atoms with Crippen molar-refractivity contribution in [3.05, 3.63) is 97.8 Å². The quantitative estimate of drug-likeness (QED) is 0.145. The number of alkyl halides is 4. The van der Waals surface area contributed by atoms with Gasteiger partial charge < -0.3 is 10.1 Å². The maximum Gasteiger partial charge on any atom is 0.293 e. The molecule has 3 atom stereocenters. The molecule has 4 aromatic heterocycles. The maximum absolute atomic E-state index is 15.4. The van der Waals surface area contributed by atoms with Crippen LogP contribution in [0.15, 0.2) is 47.3 Å². The summed E-state index contributed by atoms with van der Waals surface area (Å²) in [5, 5.41) is 10.6. The number of nitrogens with one attached hydrogen (secondary N) is 2. The van der Waals surface area contributed by atoms with Crippen molar-refractivity contribution in [1.82, 2.24) is 39.4 Å². The summed E-state index contributed by atoms with van der Waals surface area (Å²) in [6, 6.07) is 6.54. The highest BCUT2D eigenvalue weighted by Gasteiger charge is 2.67. The van der Waals surface area contributed by atoms with E-state index >= 15 is 8.78 Å². The molecule has 4 heterocycles. The van der Waals surface area contributed by atoms with Gasteiger partial charge in [0.15, 0.2) is 11.5 Å². The number of ether oxygens (including phenoxy) is 1. The Morgan fingerprint density at radius 3 is 2.48 bits per heavy atom. The Morgan fingerprint density at radius 1 is 1.09 bits per heavy atom. The molecule has 3 unspecified atom stereocenters. The molecule has 2 aromatic carbocycles. The molecule has 1 fully saturated rings. The summed E-state index contributed by atoms with van der Waals surface area (Å²) in [6.45, 7) is 0.886. The Balaban J connectivity index is 1.33. The fraction of sp³-hybridized carbons (Fsp3) is 0.333. The van der Waals surface area contributed by atoms with E-state index in [1.165, 1.54) is 36.0 Å². The Morgan fingerprint density at radius 2 is 1.81 bits per heavy atom. The van der Waals surface area contributed by atoms with E-state index in [-0.39, 0.29) is 74.3 Å². The Hall–Kier alpha value is -5.70. The zero-order chi connectivity index (χ0) is 41.6. The SMILES string of the molecule is CCOc1ccc2c(=O)n(-c3ccc(Cl)c4c(NS(C)(=O)=O)nn(C)c34)c(C(Cc3cc(F)cc(F)c3)NC(=O)Cn3nc(C(F)F)c4c3C(F)(F)C3CC43)nc2n1. The molecule has 22 heteroatoms. The number of nitrogens with zero attached hydrogens (tertiary/aromatic N) is 7. The molecule has 1 saturated carbocycles. The number of fused-ring (bicyclic) bond motifs is 5. The summed E-state index contributed by atoms with van der Waals surface area (Å²) in [6.07, 6.45) is -2.80. The molecule has 1 amide bonds. The number of carbonyl (C=O) groups is 1. The second-order valence-corrected chi connectivity index (χ2v) is 16.1. The summed E-state index contributed by atoms with van der Waals surface area (Å²) in [5.74, 6) is -9.06. The number of rotatable bonds is 12. The monoisotopic (exact) mass is 849 g/mol. The smallest absolute Gasteiger partial charge is 0.293 e. The molecule has 0 saturated heterocycles. The second-order valence-electron chi connectivity index (χ2n) is 14.0. The molecular formula is C36H30ClF6N9O5S. The van der Waals surface area contributed by atoms with Gasteiger partial charge in [0.2, 0.25) is 21.8 Å². The molecule has 8 rings (SSSR count). The molecule has 2 aliphatic rings. The highest BCUT2D eigenvalue weighted by atomic mass is 35.5. The second kappa shape index (κ2) is 14.0. The number of hydrogen-bond acceptors (Lipinski definition) is 9. The van der Waals surface area contributed by atoms with Crippen LogP contribution in [0, 0.1) is 17.6 Å². The van der Waals surface area contributed by atoms with E-state index in [1.807, 2.05) is 0 Å². The molecule has 304 valence electrons. The predicted octanol–water partition coefficient (Wildman–Crippen LogP) is 5.81. The van der Waals surface area contributed by atoms with Crippen molar-refractivity contribution in [2.75, 3.05) is 17.6 Å². The van der Waals surface area contributed by atoms with Gasteiger partial charge in [-0.1, -0.05) is 11.6 Å². The van der Waals surface area contributed by atoms with Gasteiger partial charge in [0, 0.05) is 37.1 Å². The van der Waals surface area contributed by atoms with Crippen LogP contribution in [0.3, 0.4) is 0 Å². The Labute approximate surface area is 328 Å². The van der Waals surface area contributed by atoms with E-state index in [0.717, 1.165) is 23.0 Å². The summed E-state index contributed by atoms with van der Waals surface area (Å²) in [7, 11) is -2.46. The minimum atomic E-state index is -3.90. The van der Waals surface area contributed by atoms with Crippen LogP contribution >= 0.6 is 11.6 Å². The number of hydrogen-bond donors (Lipinski definition) is 2. The Kier molecular flexibility index (Phi) is 9.44. The lowest BCUT2D eigenvalue weighted by atomic mass is 10.0. The number of pyridine rings is 1. The number of carbonyl (C=O) groups excluding carboxylic acids is 1. The van der Waals surface area contributed by atoms with Crippen LogP contribution in [-0.4, -0.2) is 61.3 Å². The van der Waals surface area contributed by atoms with Crippen molar-refractivity contribution < 1.29 is 44.3 Å². The number of amides is 1. The molecule has 14 nitrogen and oxygen atoms in total. The fourth-order valence-electron chi connectivity index (χ4n) is 7.67. The lowest BCUT2D eigenvalue weighted by Gasteiger charge is -2.24. The van der Waals surface area contributed by atoms with Crippen LogP contribution in [0.4, 0.5) is 32.2 Å². The van der Waals surface area contributed by atoms with Crippen LogP contribution in [0.1, 0.15) is 60.1 Å². The molecule has 58 heavy (non-hydrogen) atoms. The van der Waals surface area contributed by atoms with Gasteiger partial charge in [-0.3, -0.25) is 28.2 Å². The van der Waals surface area contributed by atoms with Crippen molar-refractivity contribution in [3.8, 4) is 11.6 Å². The van der Waals surface area contributed by atoms with E-state index in [0.29, 0.717) is 10.7 Å². The van der Waals surface area contributed by atoms with Gasteiger partial charge in [0.25, 0.3) is 17.9 Å². The third kappa shape index (κ3) is 6.78. The number of benzene rings is 2. The summed E-state index contributed by atoms with van der Waals surface area (Å²) < 4.78 is 123. The van der Waals surface area contributed by atoms with Gasteiger partial charge in [-0.05, 0) is 55.2 Å². The molecule has 2 aliphatic carbocycles. The van der Waals surface area contributed by atoms with E-state index in [2.05, 4.69) is 30.2 Å². The minimum Gasteiger partial charge on any atom is -0.478 e. The molecule has 6 aromatic rings. The van der Waals surface area contributed by atoms with Crippen molar-refractivity contribution in [2.45, 2.75) is 50.6 Å².